The Morgan fingerprint density at radius 3 is 3.00 bits per heavy atom. The van der Waals surface area contributed by atoms with Gasteiger partial charge in [-0.25, -0.2) is 4.98 Å². The fourth-order valence-electron chi connectivity index (χ4n) is 1.84. The van der Waals surface area contributed by atoms with Gasteiger partial charge in [0.05, 0.1) is 5.69 Å². The molecule has 88 valence electrons. The highest BCUT2D eigenvalue weighted by atomic mass is 32.1. The van der Waals surface area contributed by atoms with Crippen LogP contribution in [0.4, 0.5) is 5.13 Å². The van der Waals surface area contributed by atoms with E-state index in [0.717, 1.165) is 23.9 Å². The first-order chi connectivity index (χ1) is 7.56. The maximum atomic E-state index is 11.5. The van der Waals surface area contributed by atoms with Gasteiger partial charge in [0, 0.05) is 10.8 Å². The molecule has 1 aromatic rings. The molecule has 0 radical (unpaired) electrons. The quantitative estimate of drug-likeness (QED) is 0.860. The Labute approximate surface area is 100 Å². The zero-order valence-electron chi connectivity index (χ0n) is 10.0. The lowest BCUT2D eigenvalue weighted by Gasteiger charge is -2.15. The van der Waals surface area contributed by atoms with E-state index < -0.39 is 0 Å². The van der Waals surface area contributed by atoms with Gasteiger partial charge < -0.3 is 5.32 Å². The Kier molecular flexibility index (Phi) is 3.28. The summed E-state index contributed by atoms with van der Waals surface area (Å²) in [4.78, 5) is 17.4. The topological polar surface area (TPSA) is 42.0 Å². The van der Waals surface area contributed by atoms with Crippen molar-refractivity contribution in [2.45, 2.75) is 40.0 Å². The fraction of sp³-hybridized carbons (Fsp3) is 0.667. The molecule has 0 spiro atoms. The van der Waals surface area contributed by atoms with E-state index >= 15 is 0 Å². The Hall–Kier alpha value is -0.900. The summed E-state index contributed by atoms with van der Waals surface area (Å²) in [7, 11) is 0. The Balaban J connectivity index is 2.10. The van der Waals surface area contributed by atoms with Crippen LogP contribution < -0.4 is 5.32 Å². The van der Waals surface area contributed by atoms with Crippen molar-refractivity contribution in [1.29, 1.82) is 0 Å². The second-order valence-corrected chi connectivity index (χ2v) is 5.96. The van der Waals surface area contributed by atoms with E-state index in [1.165, 1.54) is 17.0 Å². The lowest BCUT2D eigenvalue weighted by atomic mass is 9.93. The van der Waals surface area contributed by atoms with Gasteiger partial charge in [-0.2, -0.15) is 0 Å². The van der Waals surface area contributed by atoms with E-state index in [9.17, 15) is 4.79 Å². The van der Waals surface area contributed by atoms with Crippen LogP contribution >= 0.6 is 11.3 Å². The van der Waals surface area contributed by atoms with Crippen molar-refractivity contribution < 1.29 is 4.79 Å². The van der Waals surface area contributed by atoms with Crippen LogP contribution in [0.3, 0.4) is 0 Å². The third-order valence-electron chi connectivity index (χ3n) is 2.94. The number of thiazole rings is 1. The molecule has 1 aliphatic carbocycles. The molecular formula is C12H18N2OS. The molecule has 1 unspecified atom stereocenters. The summed E-state index contributed by atoms with van der Waals surface area (Å²) < 4.78 is 0. The molecule has 1 atom stereocenters. The Bertz CT molecular complexity index is 398. The number of anilines is 1. The molecular weight excluding hydrogens is 220 g/mol. The lowest BCUT2D eigenvalue weighted by Crippen LogP contribution is -2.17. The van der Waals surface area contributed by atoms with E-state index in [-0.39, 0.29) is 11.8 Å². The van der Waals surface area contributed by atoms with Crippen LogP contribution in [0.2, 0.25) is 0 Å². The van der Waals surface area contributed by atoms with Crippen molar-refractivity contribution >= 4 is 22.4 Å². The maximum absolute atomic E-state index is 11.5. The molecule has 0 saturated carbocycles. The fourth-order valence-corrected chi connectivity index (χ4v) is 3.02. The van der Waals surface area contributed by atoms with Gasteiger partial charge >= 0.3 is 0 Å². The smallest absolute Gasteiger partial charge is 0.228 e. The predicted molar refractivity (Wildman–Crippen MR) is 66.8 cm³/mol. The summed E-state index contributed by atoms with van der Waals surface area (Å²) in [6.45, 7) is 6.06. The zero-order valence-corrected chi connectivity index (χ0v) is 10.9. The van der Waals surface area contributed by atoms with Crippen molar-refractivity contribution in [2.75, 3.05) is 5.32 Å². The third-order valence-corrected chi connectivity index (χ3v) is 3.98. The van der Waals surface area contributed by atoms with Gasteiger partial charge in [-0.3, -0.25) is 4.79 Å². The zero-order chi connectivity index (χ0) is 11.7. The highest BCUT2D eigenvalue weighted by Gasteiger charge is 2.20. The number of carbonyl (C=O) groups is 1. The minimum absolute atomic E-state index is 0.0138. The van der Waals surface area contributed by atoms with Crippen LogP contribution in [0.5, 0.6) is 0 Å². The highest BCUT2D eigenvalue weighted by molar-refractivity contribution is 7.15. The van der Waals surface area contributed by atoms with Crippen LogP contribution in [0.15, 0.2) is 0 Å². The maximum Gasteiger partial charge on any atom is 0.228 e. The molecule has 0 fully saturated rings. The number of aryl methyl sites for hydroxylation is 1. The van der Waals surface area contributed by atoms with Crippen LogP contribution in [0.1, 0.15) is 37.8 Å². The molecule has 2 rings (SSSR count). The first kappa shape index (κ1) is 11.6. The second-order valence-electron chi connectivity index (χ2n) is 4.88. The standard InChI is InChI=1S/C12H18N2OS/c1-7(2)11(15)14-12-13-9-5-4-8(3)6-10(9)16-12/h7-8H,4-6H2,1-3H3,(H,13,14,15). The molecule has 0 aliphatic heterocycles. The largest absolute Gasteiger partial charge is 0.302 e. The molecule has 0 bridgehead atoms. The van der Waals surface area contributed by atoms with Crippen molar-refractivity contribution in [3.63, 3.8) is 0 Å². The molecule has 3 nitrogen and oxygen atoms in total. The molecule has 0 aromatic carbocycles. The first-order valence-electron chi connectivity index (χ1n) is 5.85. The average molecular weight is 238 g/mol. The summed E-state index contributed by atoms with van der Waals surface area (Å²) >= 11 is 1.64. The monoisotopic (exact) mass is 238 g/mol. The Morgan fingerprint density at radius 2 is 2.31 bits per heavy atom. The molecule has 1 heterocycles. The van der Waals surface area contributed by atoms with Gasteiger partial charge in [-0.05, 0) is 25.2 Å². The van der Waals surface area contributed by atoms with E-state index in [1.807, 2.05) is 13.8 Å². The summed E-state index contributed by atoms with van der Waals surface area (Å²) in [6, 6.07) is 0. The highest BCUT2D eigenvalue weighted by Crippen LogP contribution is 2.32. The molecule has 16 heavy (non-hydrogen) atoms. The second kappa shape index (κ2) is 4.53. The number of fused-ring (bicyclic) bond motifs is 1. The number of carbonyl (C=O) groups excluding carboxylic acids is 1. The molecule has 1 aliphatic rings. The minimum atomic E-state index is 0.0138. The van der Waals surface area contributed by atoms with E-state index in [4.69, 9.17) is 0 Å². The number of hydrogen-bond acceptors (Lipinski definition) is 3. The van der Waals surface area contributed by atoms with Crippen molar-refractivity contribution in [2.24, 2.45) is 11.8 Å². The van der Waals surface area contributed by atoms with Crippen LogP contribution in [-0.4, -0.2) is 10.9 Å². The number of amides is 1. The number of nitrogens with zero attached hydrogens (tertiary/aromatic N) is 1. The van der Waals surface area contributed by atoms with Gasteiger partial charge in [0.25, 0.3) is 0 Å². The van der Waals surface area contributed by atoms with Crippen molar-refractivity contribution in [3.8, 4) is 0 Å². The molecule has 0 saturated heterocycles. The van der Waals surface area contributed by atoms with E-state index in [0.29, 0.717) is 0 Å². The SMILES string of the molecule is CC1CCc2nc(NC(=O)C(C)C)sc2C1. The van der Waals surface area contributed by atoms with Gasteiger partial charge in [-0.1, -0.05) is 20.8 Å². The summed E-state index contributed by atoms with van der Waals surface area (Å²) in [5.41, 5.74) is 1.20. The lowest BCUT2D eigenvalue weighted by molar-refractivity contribution is -0.118. The Morgan fingerprint density at radius 1 is 1.56 bits per heavy atom. The molecule has 1 amide bonds. The van der Waals surface area contributed by atoms with Crippen LogP contribution in [0.25, 0.3) is 0 Å². The van der Waals surface area contributed by atoms with Gasteiger partial charge in [0.1, 0.15) is 0 Å². The number of hydrogen-bond donors (Lipinski definition) is 1. The van der Waals surface area contributed by atoms with Crippen LogP contribution in [-0.2, 0) is 17.6 Å². The number of aromatic nitrogens is 1. The minimum Gasteiger partial charge on any atom is -0.302 e. The number of rotatable bonds is 2. The third kappa shape index (κ3) is 2.43. The summed E-state index contributed by atoms with van der Waals surface area (Å²) in [6.07, 6.45) is 3.39. The molecule has 1 N–H and O–H groups in total. The molecule has 1 aromatic heterocycles. The van der Waals surface area contributed by atoms with Crippen molar-refractivity contribution in [1.82, 2.24) is 4.98 Å². The molecule has 4 heteroatoms. The van der Waals surface area contributed by atoms with Crippen LogP contribution in [0, 0.1) is 11.8 Å². The summed E-state index contributed by atoms with van der Waals surface area (Å²) in [5.74, 6) is 0.820. The average Bonchev–Trinajstić information content (AvgIpc) is 2.58. The van der Waals surface area contributed by atoms with E-state index in [2.05, 4.69) is 17.2 Å². The predicted octanol–water partition coefficient (Wildman–Crippen LogP) is 2.86. The first-order valence-corrected chi connectivity index (χ1v) is 6.67. The number of nitrogens with one attached hydrogen (secondary N) is 1. The van der Waals surface area contributed by atoms with Gasteiger partial charge in [-0.15, -0.1) is 11.3 Å². The van der Waals surface area contributed by atoms with Gasteiger partial charge in [0.15, 0.2) is 5.13 Å². The van der Waals surface area contributed by atoms with Gasteiger partial charge in [0.2, 0.25) is 5.91 Å². The summed E-state index contributed by atoms with van der Waals surface area (Å²) in [5, 5.41) is 3.66. The van der Waals surface area contributed by atoms with E-state index in [1.54, 1.807) is 11.3 Å². The normalized spacial score (nSPS) is 19.6. The van der Waals surface area contributed by atoms with Crippen molar-refractivity contribution in [3.05, 3.63) is 10.6 Å².